The van der Waals surface area contributed by atoms with Crippen LogP contribution in [0.2, 0.25) is 0 Å². The molecular formula is C23H23F2N3O2S. The zero-order valence-corrected chi connectivity index (χ0v) is 17.8. The molecular weight excluding hydrogens is 420 g/mol. The zero-order valence-electron chi connectivity index (χ0n) is 17.0. The van der Waals surface area contributed by atoms with Gasteiger partial charge >= 0.3 is 0 Å². The molecule has 0 unspecified atom stereocenters. The van der Waals surface area contributed by atoms with Gasteiger partial charge in [-0.3, -0.25) is 9.78 Å². The van der Waals surface area contributed by atoms with Crippen molar-refractivity contribution in [3.05, 3.63) is 65.1 Å². The molecule has 1 saturated carbocycles. The fourth-order valence-corrected chi connectivity index (χ4v) is 5.30. The van der Waals surface area contributed by atoms with Gasteiger partial charge in [0.1, 0.15) is 27.3 Å². The molecule has 0 amide bonds. The number of aliphatic hydroxyl groups excluding tert-OH is 1. The summed E-state index contributed by atoms with van der Waals surface area (Å²) in [4.78, 5) is 21.3. The van der Waals surface area contributed by atoms with Crippen LogP contribution in [0.4, 0.5) is 13.8 Å². The van der Waals surface area contributed by atoms with Gasteiger partial charge in [-0.15, -0.1) is 0 Å². The second kappa shape index (κ2) is 8.80. The van der Waals surface area contributed by atoms with Crippen LogP contribution in [0, 0.1) is 17.6 Å². The minimum Gasteiger partial charge on any atom is -0.393 e. The normalized spacial score (nSPS) is 21.2. The minimum atomic E-state index is -0.757. The van der Waals surface area contributed by atoms with Gasteiger partial charge in [-0.1, -0.05) is 24.3 Å². The van der Waals surface area contributed by atoms with E-state index >= 15 is 0 Å². The summed E-state index contributed by atoms with van der Waals surface area (Å²) in [7, 11) is 0. The number of halogens is 2. The maximum absolute atomic E-state index is 14.1. The Morgan fingerprint density at radius 1 is 1.23 bits per heavy atom. The van der Waals surface area contributed by atoms with E-state index in [0.717, 1.165) is 47.4 Å². The van der Waals surface area contributed by atoms with Crippen molar-refractivity contribution in [1.29, 1.82) is 0 Å². The maximum atomic E-state index is 14.1. The number of thiazole rings is 1. The van der Waals surface area contributed by atoms with Crippen molar-refractivity contribution in [2.45, 2.75) is 44.6 Å². The van der Waals surface area contributed by atoms with E-state index in [1.165, 1.54) is 6.07 Å². The van der Waals surface area contributed by atoms with Gasteiger partial charge in [0, 0.05) is 18.8 Å². The summed E-state index contributed by atoms with van der Waals surface area (Å²) in [5.41, 5.74) is 7.46. The van der Waals surface area contributed by atoms with Gasteiger partial charge < -0.3 is 10.8 Å². The number of nitrogens with zero attached hydrogens (tertiary/aromatic N) is 2. The molecule has 1 aromatic carbocycles. The van der Waals surface area contributed by atoms with Gasteiger partial charge in [-0.2, -0.15) is 0 Å². The Kier molecular flexibility index (Phi) is 6.11. The molecule has 0 saturated heterocycles. The Labute approximate surface area is 183 Å². The third-order valence-corrected chi connectivity index (χ3v) is 6.65. The van der Waals surface area contributed by atoms with E-state index in [0.29, 0.717) is 12.3 Å². The summed E-state index contributed by atoms with van der Waals surface area (Å²) in [6.45, 7) is 2.11. The fourth-order valence-electron chi connectivity index (χ4n) is 4.40. The highest BCUT2D eigenvalue weighted by molar-refractivity contribution is 7.19. The quantitative estimate of drug-likeness (QED) is 0.555. The monoisotopic (exact) mass is 443 g/mol. The predicted molar refractivity (Wildman–Crippen MR) is 116 cm³/mol. The average Bonchev–Trinajstić information content (AvgIpc) is 3.09. The number of benzene rings is 1. The lowest BCUT2D eigenvalue weighted by molar-refractivity contribution is 0.0942. The molecule has 3 aromatic rings. The van der Waals surface area contributed by atoms with Crippen molar-refractivity contribution in [2.75, 3.05) is 5.73 Å². The highest BCUT2D eigenvalue weighted by Gasteiger charge is 2.29. The van der Waals surface area contributed by atoms with Crippen LogP contribution in [-0.2, 0) is 6.42 Å². The molecule has 3 atom stereocenters. The number of nitrogen functional groups attached to an aromatic ring is 1. The smallest absolute Gasteiger partial charge is 0.188 e. The molecule has 4 rings (SSSR count). The number of carbonyl (C=O) groups excluding carboxylic acids is 1. The number of aliphatic hydroxyl groups is 1. The van der Waals surface area contributed by atoms with E-state index in [1.54, 1.807) is 12.4 Å². The van der Waals surface area contributed by atoms with Crippen LogP contribution in [0.1, 0.15) is 53.7 Å². The van der Waals surface area contributed by atoms with E-state index in [4.69, 9.17) is 5.73 Å². The fraction of sp³-hybridized carbons (Fsp3) is 0.348. The van der Waals surface area contributed by atoms with E-state index in [-0.39, 0.29) is 45.5 Å². The van der Waals surface area contributed by atoms with Crippen molar-refractivity contribution in [3.63, 3.8) is 0 Å². The molecule has 0 spiro atoms. The topological polar surface area (TPSA) is 89.1 Å². The molecule has 0 radical (unpaired) electrons. The van der Waals surface area contributed by atoms with Crippen molar-refractivity contribution >= 4 is 22.1 Å². The second-order valence-corrected chi connectivity index (χ2v) is 9.20. The van der Waals surface area contributed by atoms with Crippen LogP contribution < -0.4 is 5.73 Å². The number of nitrogens with two attached hydrogens (primary N) is 1. The molecule has 2 heterocycles. The summed E-state index contributed by atoms with van der Waals surface area (Å²) in [6.07, 6.45) is 5.35. The lowest BCUT2D eigenvalue weighted by atomic mass is 9.76. The highest BCUT2D eigenvalue weighted by atomic mass is 32.1. The first-order valence-electron chi connectivity index (χ1n) is 10.2. The first-order valence-corrected chi connectivity index (χ1v) is 11.0. The molecule has 0 bridgehead atoms. The van der Waals surface area contributed by atoms with Gasteiger partial charge in [0.2, 0.25) is 0 Å². The van der Waals surface area contributed by atoms with Gasteiger partial charge in [0.05, 0.1) is 11.7 Å². The first-order chi connectivity index (χ1) is 14.8. The Hall–Kier alpha value is -2.71. The minimum absolute atomic E-state index is 0.00880. The van der Waals surface area contributed by atoms with E-state index < -0.39 is 11.6 Å². The van der Waals surface area contributed by atoms with Crippen LogP contribution >= 0.6 is 11.3 Å². The van der Waals surface area contributed by atoms with Crippen LogP contribution in [0.5, 0.6) is 0 Å². The number of Topliss-reactive ketones (excluding diaryl/α,β-unsaturated/α-hetero) is 1. The van der Waals surface area contributed by atoms with Crippen molar-refractivity contribution in [2.24, 2.45) is 5.92 Å². The molecule has 2 aromatic heterocycles. The first kappa shape index (κ1) is 21.5. The summed E-state index contributed by atoms with van der Waals surface area (Å²) in [5.74, 6) is -1.33. The van der Waals surface area contributed by atoms with Crippen LogP contribution in [-0.4, -0.2) is 27.0 Å². The standard InChI is InChI=1S/C23H23F2N3O2S/c1-12-7-13(9-15(29)8-12)16-5-6-27-11-14(16)10-19(30)21-22(26)31-23(28-21)20-17(24)3-2-4-18(20)25/h2-6,11-13,15,29H,7-10,26H2,1H3/t12-,13+,15-/m0/s1. The molecule has 1 aliphatic carbocycles. The number of carbonyl (C=O) groups is 1. The van der Waals surface area contributed by atoms with Gasteiger partial charge in [0.15, 0.2) is 5.78 Å². The van der Waals surface area contributed by atoms with Crippen LogP contribution in [0.25, 0.3) is 10.6 Å². The number of hydrogen-bond acceptors (Lipinski definition) is 6. The molecule has 3 N–H and O–H groups in total. The van der Waals surface area contributed by atoms with Crippen molar-refractivity contribution in [3.8, 4) is 10.6 Å². The lowest BCUT2D eigenvalue weighted by Gasteiger charge is -2.31. The Balaban J connectivity index is 1.61. The molecule has 162 valence electrons. The average molecular weight is 444 g/mol. The van der Waals surface area contributed by atoms with Crippen molar-refractivity contribution < 1.29 is 18.7 Å². The maximum Gasteiger partial charge on any atom is 0.188 e. The summed E-state index contributed by atoms with van der Waals surface area (Å²) in [6, 6.07) is 5.44. The van der Waals surface area contributed by atoms with Crippen LogP contribution in [0.15, 0.2) is 36.7 Å². The summed E-state index contributed by atoms with van der Waals surface area (Å²) < 4.78 is 28.2. The van der Waals surface area contributed by atoms with E-state index in [1.807, 2.05) is 6.07 Å². The number of rotatable bonds is 5. The largest absolute Gasteiger partial charge is 0.393 e. The molecule has 5 nitrogen and oxygen atoms in total. The van der Waals surface area contributed by atoms with Gasteiger partial charge in [-0.05, 0) is 60.4 Å². The Morgan fingerprint density at radius 3 is 2.68 bits per heavy atom. The summed E-state index contributed by atoms with van der Waals surface area (Å²) in [5, 5.41) is 10.3. The van der Waals surface area contributed by atoms with Crippen molar-refractivity contribution in [1.82, 2.24) is 9.97 Å². The predicted octanol–water partition coefficient (Wildman–Crippen LogP) is 4.76. The van der Waals surface area contributed by atoms with E-state index in [2.05, 4.69) is 16.9 Å². The lowest BCUT2D eigenvalue weighted by Crippen LogP contribution is -2.24. The number of pyridine rings is 1. The van der Waals surface area contributed by atoms with Gasteiger partial charge in [-0.25, -0.2) is 13.8 Å². The number of aromatic nitrogens is 2. The molecule has 1 aliphatic rings. The number of ketones is 1. The van der Waals surface area contributed by atoms with E-state index in [9.17, 15) is 18.7 Å². The third kappa shape index (κ3) is 4.50. The van der Waals surface area contributed by atoms with Gasteiger partial charge in [0.25, 0.3) is 0 Å². The Morgan fingerprint density at radius 2 is 1.97 bits per heavy atom. The third-order valence-electron chi connectivity index (χ3n) is 5.74. The zero-order chi connectivity index (χ0) is 22.1. The second-order valence-electron chi connectivity index (χ2n) is 8.17. The molecule has 31 heavy (non-hydrogen) atoms. The molecule has 8 heteroatoms. The van der Waals surface area contributed by atoms with Crippen LogP contribution in [0.3, 0.4) is 0 Å². The Bertz CT molecular complexity index is 1090. The number of hydrogen-bond donors (Lipinski definition) is 2. The highest BCUT2D eigenvalue weighted by Crippen LogP contribution is 2.38. The number of anilines is 1. The summed E-state index contributed by atoms with van der Waals surface area (Å²) >= 11 is 0.885. The molecule has 0 aliphatic heterocycles. The SMILES string of the molecule is C[C@@H]1C[C@H](O)C[C@H](c2ccncc2CC(=O)c2nc(-c3c(F)cccc3F)sc2N)C1. The molecule has 1 fully saturated rings.